The van der Waals surface area contributed by atoms with Gasteiger partial charge in [-0.3, -0.25) is 9.78 Å². The second-order valence-corrected chi connectivity index (χ2v) is 7.72. The predicted octanol–water partition coefficient (Wildman–Crippen LogP) is 2.26. The SMILES string of the molecule is O=C(Nc1cccnc1)c1ccc(CS(=O)(=O)N2CCCC2)cc1. The Morgan fingerprint density at radius 3 is 2.46 bits per heavy atom. The summed E-state index contributed by atoms with van der Waals surface area (Å²) in [6, 6.07) is 10.1. The molecule has 0 aliphatic carbocycles. The van der Waals surface area contributed by atoms with Crippen molar-refractivity contribution < 1.29 is 13.2 Å². The van der Waals surface area contributed by atoms with Gasteiger partial charge >= 0.3 is 0 Å². The van der Waals surface area contributed by atoms with Crippen molar-refractivity contribution in [2.75, 3.05) is 18.4 Å². The van der Waals surface area contributed by atoms with Gasteiger partial charge in [-0.15, -0.1) is 0 Å². The van der Waals surface area contributed by atoms with Crippen molar-refractivity contribution in [2.45, 2.75) is 18.6 Å². The first kappa shape index (κ1) is 16.6. The molecule has 3 rings (SSSR count). The van der Waals surface area contributed by atoms with Crippen molar-refractivity contribution in [3.8, 4) is 0 Å². The molecule has 24 heavy (non-hydrogen) atoms. The molecule has 1 N–H and O–H groups in total. The fourth-order valence-electron chi connectivity index (χ4n) is 2.66. The smallest absolute Gasteiger partial charge is 0.255 e. The summed E-state index contributed by atoms with van der Waals surface area (Å²) >= 11 is 0. The molecule has 126 valence electrons. The average molecular weight is 345 g/mol. The molecule has 1 aromatic heterocycles. The predicted molar refractivity (Wildman–Crippen MR) is 92.1 cm³/mol. The fourth-order valence-corrected chi connectivity index (χ4v) is 4.27. The highest BCUT2D eigenvalue weighted by Gasteiger charge is 2.25. The number of anilines is 1. The summed E-state index contributed by atoms with van der Waals surface area (Å²) < 4.78 is 26.1. The maximum Gasteiger partial charge on any atom is 0.255 e. The molecule has 2 aromatic rings. The number of sulfonamides is 1. The van der Waals surface area contributed by atoms with Gasteiger partial charge in [-0.25, -0.2) is 12.7 Å². The first-order valence-corrected chi connectivity index (χ1v) is 9.44. The Balaban J connectivity index is 1.66. The van der Waals surface area contributed by atoms with Crippen LogP contribution in [-0.2, 0) is 15.8 Å². The molecule has 1 saturated heterocycles. The van der Waals surface area contributed by atoms with Crippen molar-refractivity contribution in [3.63, 3.8) is 0 Å². The summed E-state index contributed by atoms with van der Waals surface area (Å²) in [5.74, 6) is -0.283. The van der Waals surface area contributed by atoms with Gasteiger partial charge in [-0.05, 0) is 42.7 Å². The number of nitrogens with zero attached hydrogens (tertiary/aromatic N) is 2. The van der Waals surface area contributed by atoms with E-state index in [0.717, 1.165) is 12.8 Å². The molecule has 0 saturated carbocycles. The Morgan fingerprint density at radius 2 is 1.83 bits per heavy atom. The summed E-state index contributed by atoms with van der Waals surface area (Å²) in [5, 5.41) is 2.74. The van der Waals surface area contributed by atoms with Crippen molar-refractivity contribution in [1.82, 2.24) is 9.29 Å². The lowest BCUT2D eigenvalue weighted by molar-refractivity contribution is 0.102. The molecule has 6 nitrogen and oxygen atoms in total. The van der Waals surface area contributed by atoms with Crippen LogP contribution in [0.1, 0.15) is 28.8 Å². The van der Waals surface area contributed by atoms with E-state index in [1.165, 1.54) is 4.31 Å². The fraction of sp³-hybridized carbons (Fsp3) is 0.294. The van der Waals surface area contributed by atoms with Crippen LogP contribution in [0.5, 0.6) is 0 Å². The Labute approximate surface area is 141 Å². The molecule has 1 aliphatic rings. The Kier molecular flexibility index (Phi) is 4.92. The maximum absolute atomic E-state index is 12.3. The zero-order valence-electron chi connectivity index (χ0n) is 13.2. The van der Waals surface area contributed by atoms with E-state index in [0.29, 0.717) is 29.9 Å². The second kappa shape index (κ2) is 7.11. The molecule has 0 bridgehead atoms. The van der Waals surface area contributed by atoms with E-state index in [9.17, 15) is 13.2 Å². The zero-order chi connectivity index (χ0) is 17.0. The lowest BCUT2D eigenvalue weighted by Gasteiger charge is -2.15. The van der Waals surface area contributed by atoms with Gasteiger partial charge in [0.15, 0.2) is 0 Å². The van der Waals surface area contributed by atoms with Gasteiger partial charge in [0.2, 0.25) is 10.0 Å². The number of hydrogen-bond donors (Lipinski definition) is 1. The third kappa shape index (κ3) is 3.98. The molecule has 1 fully saturated rings. The summed E-state index contributed by atoms with van der Waals surface area (Å²) in [4.78, 5) is 16.1. The van der Waals surface area contributed by atoms with Crippen LogP contribution in [0.2, 0.25) is 0 Å². The Morgan fingerprint density at radius 1 is 1.12 bits per heavy atom. The molecule has 1 amide bonds. The highest BCUT2D eigenvalue weighted by atomic mass is 32.2. The molecule has 2 heterocycles. The average Bonchev–Trinajstić information content (AvgIpc) is 3.11. The third-order valence-corrected chi connectivity index (χ3v) is 5.79. The van der Waals surface area contributed by atoms with Crippen LogP contribution in [0.25, 0.3) is 0 Å². The summed E-state index contributed by atoms with van der Waals surface area (Å²) in [6.45, 7) is 1.21. The van der Waals surface area contributed by atoms with Gasteiger partial charge in [0.05, 0.1) is 17.6 Å². The first-order chi connectivity index (χ1) is 11.5. The minimum absolute atomic E-state index is 0.0303. The number of nitrogens with one attached hydrogen (secondary N) is 1. The minimum atomic E-state index is -3.27. The molecule has 0 radical (unpaired) electrons. The quantitative estimate of drug-likeness (QED) is 0.901. The van der Waals surface area contributed by atoms with E-state index in [4.69, 9.17) is 0 Å². The number of rotatable bonds is 5. The standard InChI is InChI=1S/C17H19N3O3S/c21-17(19-16-4-3-9-18-12-16)15-7-5-14(6-8-15)13-24(22,23)20-10-1-2-11-20/h3-9,12H,1-2,10-11,13H2,(H,19,21). The molecule has 1 aliphatic heterocycles. The van der Waals surface area contributed by atoms with Crippen LogP contribution in [0, 0.1) is 0 Å². The van der Waals surface area contributed by atoms with Crippen LogP contribution in [0.15, 0.2) is 48.8 Å². The first-order valence-electron chi connectivity index (χ1n) is 7.83. The number of benzene rings is 1. The molecule has 0 unspecified atom stereocenters. The van der Waals surface area contributed by atoms with Crippen LogP contribution in [0.4, 0.5) is 5.69 Å². The minimum Gasteiger partial charge on any atom is -0.321 e. The van der Waals surface area contributed by atoms with Gasteiger partial charge < -0.3 is 5.32 Å². The number of pyridine rings is 1. The topological polar surface area (TPSA) is 79.4 Å². The number of carbonyl (C=O) groups is 1. The molecule has 0 atom stereocenters. The zero-order valence-corrected chi connectivity index (χ0v) is 14.0. The monoisotopic (exact) mass is 345 g/mol. The van der Waals surface area contributed by atoms with E-state index >= 15 is 0 Å². The Hall–Kier alpha value is -2.25. The lowest BCUT2D eigenvalue weighted by Crippen LogP contribution is -2.29. The molecular formula is C17H19N3O3S. The second-order valence-electron chi connectivity index (χ2n) is 5.76. The van der Waals surface area contributed by atoms with Gasteiger partial charge in [-0.2, -0.15) is 0 Å². The molecule has 7 heteroatoms. The van der Waals surface area contributed by atoms with Gasteiger partial charge in [-0.1, -0.05) is 12.1 Å². The van der Waals surface area contributed by atoms with E-state index < -0.39 is 10.0 Å². The number of amides is 1. The highest BCUT2D eigenvalue weighted by molar-refractivity contribution is 7.88. The number of hydrogen-bond acceptors (Lipinski definition) is 4. The van der Waals surface area contributed by atoms with Crippen molar-refractivity contribution in [1.29, 1.82) is 0 Å². The van der Waals surface area contributed by atoms with E-state index in [-0.39, 0.29) is 11.7 Å². The van der Waals surface area contributed by atoms with Crippen molar-refractivity contribution >= 4 is 21.6 Å². The van der Waals surface area contributed by atoms with Crippen molar-refractivity contribution in [3.05, 3.63) is 59.9 Å². The number of aromatic nitrogens is 1. The lowest BCUT2D eigenvalue weighted by atomic mass is 10.1. The third-order valence-electron chi connectivity index (χ3n) is 3.94. The number of carbonyl (C=O) groups excluding carboxylic acids is 1. The Bertz CT molecular complexity index is 799. The van der Waals surface area contributed by atoms with Gasteiger partial charge in [0.1, 0.15) is 0 Å². The molecular weight excluding hydrogens is 326 g/mol. The van der Waals surface area contributed by atoms with E-state index in [1.807, 2.05) is 0 Å². The normalized spacial score (nSPS) is 15.3. The van der Waals surface area contributed by atoms with Crippen molar-refractivity contribution in [2.24, 2.45) is 0 Å². The summed E-state index contributed by atoms with van der Waals surface area (Å²) in [6.07, 6.45) is 5.04. The van der Waals surface area contributed by atoms with E-state index in [1.54, 1.807) is 48.8 Å². The molecule has 1 aromatic carbocycles. The van der Waals surface area contributed by atoms with Crippen LogP contribution in [-0.4, -0.2) is 36.7 Å². The largest absolute Gasteiger partial charge is 0.321 e. The van der Waals surface area contributed by atoms with Crippen LogP contribution in [0.3, 0.4) is 0 Å². The van der Waals surface area contributed by atoms with Gasteiger partial charge in [0.25, 0.3) is 5.91 Å². The van der Waals surface area contributed by atoms with Gasteiger partial charge in [0, 0.05) is 24.8 Å². The summed E-state index contributed by atoms with van der Waals surface area (Å²) in [5.41, 5.74) is 1.77. The summed E-state index contributed by atoms with van der Waals surface area (Å²) in [7, 11) is -3.27. The van der Waals surface area contributed by atoms with E-state index in [2.05, 4.69) is 10.3 Å². The van der Waals surface area contributed by atoms with Crippen LogP contribution >= 0.6 is 0 Å². The van der Waals surface area contributed by atoms with Crippen LogP contribution < -0.4 is 5.32 Å². The molecule has 0 spiro atoms. The maximum atomic E-state index is 12.3. The highest BCUT2D eigenvalue weighted by Crippen LogP contribution is 2.18.